The fourth-order valence-electron chi connectivity index (χ4n) is 1.97. The maximum Gasteiger partial charge on any atom is 0.230 e. The molecule has 5 heteroatoms. The summed E-state index contributed by atoms with van der Waals surface area (Å²) in [6.45, 7) is 0.456. The van der Waals surface area contributed by atoms with Crippen LogP contribution in [0.1, 0.15) is 11.1 Å². The molecule has 0 aliphatic heterocycles. The summed E-state index contributed by atoms with van der Waals surface area (Å²) < 4.78 is 11.1. The van der Waals surface area contributed by atoms with Crippen LogP contribution in [-0.4, -0.2) is 12.0 Å². The molecule has 0 bridgehead atoms. The third kappa shape index (κ3) is 4.63. The molecule has 0 amide bonds. The van der Waals surface area contributed by atoms with E-state index in [1.54, 1.807) is 7.11 Å². The summed E-state index contributed by atoms with van der Waals surface area (Å²) in [6.07, 6.45) is 2.90. The topological polar surface area (TPSA) is 61.6 Å². The molecule has 2 aromatic rings. The molecular weight excluding hydrogens is 282 g/mol. The van der Waals surface area contributed by atoms with Gasteiger partial charge in [0.15, 0.2) is 11.5 Å². The Morgan fingerprint density at radius 1 is 1.09 bits per heavy atom. The second kappa shape index (κ2) is 7.83. The van der Waals surface area contributed by atoms with E-state index in [1.807, 2.05) is 48.5 Å². The number of ether oxygens (including phenoxy) is 2. The van der Waals surface area contributed by atoms with E-state index in [1.165, 1.54) is 6.08 Å². The highest BCUT2D eigenvalue weighted by Gasteiger charge is 2.06. The molecule has 0 aliphatic carbocycles. The quantitative estimate of drug-likeness (QED) is 0.579. The molecule has 2 aromatic carbocycles. The van der Waals surface area contributed by atoms with Crippen molar-refractivity contribution >= 4 is 0 Å². The van der Waals surface area contributed by atoms with Crippen LogP contribution in [0.15, 0.2) is 60.8 Å². The van der Waals surface area contributed by atoms with Gasteiger partial charge in [-0.2, -0.15) is 0 Å². The molecule has 0 atom stereocenters. The van der Waals surface area contributed by atoms with Crippen LogP contribution >= 0.6 is 0 Å². The minimum atomic E-state index is -0.478. The highest BCUT2D eigenvalue weighted by Crippen LogP contribution is 2.29. The third-order valence-electron chi connectivity index (χ3n) is 3.05. The molecule has 0 radical (unpaired) electrons. The Labute approximate surface area is 129 Å². The normalized spacial score (nSPS) is 10.6. The summed E-state index contributed by atoms with van der Waals surface area (Å²) in [5, 5.41) is 10.3. The number of hydrogen-bond acceptors (Lipinski definition) is 4. The summed E-state index contributed by atoms with van der Waals surface area (Å²) in [4.78, 5) is 9.78. The molecule has 0 saturated carbocycles. The van der Waals surface area contributed by atoms with Gasteiger partial charge in [0.05, 0.1) is 12.0 Å². The molecule has 0 spiro atoms. The minimum Gasteiger partial charge on any atom is -0.493 e. The number of allylic oxidation sites excluding steroid dienone is 1. The van der Waals surface area contributed by atoms with Gasteiger partial charge in [0.2, 0.25) is 6.20 Å². The zero-order valence-electron chi connectivity index (χ0n) is 12.3. The zero-order valence-corrected chi connectivity index (χ0v) is 12.3. The van der Waals surface area contributed by atoms with E-state index in [0.29, 0.717) is 24.5 Å². The standard InChI is InChI=1S/C17H17NO4/c1-21-17-12-14(8-5-11-18(19)20)9-10-16(17)22-13-15-6-3-2-4-7-15/h2-7,9-12H,8,13H2,1H3/b11-5-. The summed E-state index contributed by atoms with van der Waals surface area (Å²) in [7, 11) is 1.57. The van der Waals surface area contributed by atoms with Gasteiger partial charge in [-0.25, -0.2) is 0 Å². The van der Waals surface area contributed by atoms with Crippen LogP contribution in [0.2, 0.25) is 0 Å². The number of rotatable bonds is 7. The molecule has 0 unspecified atom stereocenters. The first-order valence-electron chi connectivity index (χ1n) is 6.83. The molecular formula is C17H17NO4. The lowest BCUT2D eigenvalue weighted by Gasteiger charge is -2.11. The molecule has 0 heterocycles. The predicted octanol–water partition coefficient (Wildman–Crippen LogP) is 3.61. The van der Waals surface area contributed by atoms with Crippen molar-refractivity contribution in [3.05, 3.63) is 82.0 Å². The van der Waals surface area contributed by atoms with Crippen LogP contribution in [0.25, 0.3) is 0 Å². The van der Waals surface area contributed by atoms with E-state index in [2.05, 4.69) is 0 Å². The Kier molecular flexibility index (Phi) is 5.54. The summed E-state index contributed by atoms with van der Waals surface area (Å²) in [5.74, 6) is 1.26. The first-order chi connectivity index (χ1) is 10.7. The molecule has 0 aromatic heterocycles. The second-order valence-electron chi connectivity index (χ2n) is 4.63. The van der Waals surface area contributed by atoms with Crippen molar-refractivity contribution in [1.29, 1.82) is 0 Å². The number of nitrogens with zero attached hydrogens (tertiary/aromatic N) is 1. The first-order valence-corrected chi connectivity index (χ1v) is 6.83. The largest absolute Gasteiger partial charge is 0.493 e. The summed E-state index contributed by atoms with van der Waals surface area (Å²) in [5.41, 5.74) is 1.99. The van der Waals surface area contributed by atoms with Crippen molar-refractivity contribution in [3.8, 4) is 11.5 Å². The van der Waals surface area contributed by atoms with Crippen molar-refractivity contribution in [3.63, 3.8) is 0 Å². The average molecular weight is 299 g/mol. The molecule has 114 valence electrons. The Bertz CT molecular complexity index is 653. The van der Waals surface area contributed by atoms with Crippen molar-refractivity contribution in [1.82, 2.24) is 0 Å². The van der Waals surface area contributed by atoms with Crippen LogP contribution in [0, 0.1) is 10.1 Å². The highest BCUT2D eigenvalue weighted by molar-refractivity contribution is 5.43. The van der Waals surface area contributed by atoms with E-state index >= 15 is 0 Å². The van der Waals surface area contributed by atoms with Gasteiger partial charge in [0, 0.05) is 0 Å². The van der Waals surface area contributed by atoms with Gasteiger partial charge in [-0.05, 0) is 35.8 Å². The van der Waals surface area contributed by atoms with E-state index in [4.69, 9.17) is 9.47 Å². The third-order valence-corrected chi connectivity index (χ3v) is 3.05. The second-order valence-corrected chi connectivity index (χ2v) is 4.63. The number of hydrogen-bond donors (Lipinski definition) is 0. The van der Waals surface area contributed by atoms with Gasteiger partial charge in [0.1, 0.15) is 6.61 Å². The fraction of sp³-hybridized carbons (Fsp3) is 0.176. The smallest absolute Gasteiger partial charge is 0.230 e. The van der Waals surface area contributed by atoms with E-state index in [0.717, 1.165) is 17.3 Å². The summed E-state index contributed by atoms with van der Waals surface area (Å²) in [6, 6.07) is 15.4. The van der Waals surface area contributed by atoms with Crippen molar-refractivity contribution < 1.29 is 14.4 Å². The van der Waals surface area contributed by atoms with Crippen LogP contribution in [0.3, 0.4) is 0 Å². The molecule has 2 rings (SSSR count). The number of benzene rings is 2. The van der Waals surface area contributed by atoms with Crippen molar-refractivity contribution in [2.24, 2.45) is 0 Å². The maximum absolute atomic E-state index is 10.3. The van der Waals surface area contributed by atoms with Gasteiger partial charge >= 0.3 is 0 Å². The zero-order chi connectivity index (χ0) is 15.8. The number of nitro groups is 1. The van der Waals surface area contributed by atoms with Crippen LogP contribution in [0.5, 0.6) is 11.5 Å². The van der Waals surface area contributed by atoms with Crippen LogP contribution < -0.4 is 9.47 Å². The Morgan fingerprint density at radius 3 is 2.55 bits per heavy atom. The molecule has 0 N–H and O–H groups in total. The van der Waals surface area contributed by atoms with Gasteiger partial charge in [0.25, 0.3) is 0 Å². The van der Waals surface area contributed by atoms with Gasteiger partial charge < -0.3 is 9.47 Å². The predicted molar refractivity (Wildman–Crippen MR) is 83.6 cm³/mol. The molecule has 5 nitrogen and oxygen atoms in total. The summed E-state index contributed by atoms with van der Waals surface area (Å²) >= 11 is 0. The van der Waals surface area contributed by atoms with Crippen LogP contribution in [0.4, 0.5) is 0 Å². The molecule has 0 aliphatic rings. The van der Waals surface area contributed by atoms with Gasteiger partial charge in [-0.3, -0.25) is 10.1 Å². The lowest BCUT2D eigenvalue weighted by molar-refractivity contribution is -0.402. The van der Waals surface area contributed by atoms with E-state index < -0.39 is 4.92 Å². The SMILES string of the molecule is COc1cc(C/C=C\[N+](=O)[O-])ccc1OCc1ccccc1. The highest BCUT2D eigenvalue weighted by atomic mass is 16.6. The van der Waals surface area contributed by atoms with Gasteiger partial charge in [-0.15, -0.1) is 0 Å². The molecule has 22 heavy (non-hydrogen) atoms. The van der Waals surface area contributed by atoms with Crippen molar-refractivity contribution in [2.45, 2.75) is 13.0 Å². The Hall–Kier alpha value is -2.82. The minimum absolute atomic E-state index is 0.456. The van der Waals surface area contributed by atoms with E-state index in [9.17, 15) is 10.1 Å². The molecule has 0 fully saturated rings. The Balaban J connectivity index is 2.04. The lowest BCUT2D eigenvalue weighted by Crippen LogP contribution is -1.98. The number of methoxy groups -OCH3 is 1. The fourth-order valence-corrected chi connectivity index (χ4v) is 1.97. The van der Waals surface area contributed by atoms with Crippen molar-refractivity contribution in [2.75, 3.05) is 7.11 Å². The Morgan fingerprint density at radius 2 is 1.86 bits per heavy atom. The molecule has 0 saturated heterocycles. The van der Waals surface area contributed by atoms with Gasteiger partial charge in [-0.1, -0.05) is 36.4 Å². The average Bonchev–Trinajstić information content (AvgIpc) is 2.54. The first kappa shape index (κ1) is 15.6. The monoisotopic (exact) mass is 299 g/mol. The maximum atomic E-state index is 10.3. The van der Waals surface area contributed by atoms with Crippen LogP contribution in [-0.2, 0) is 13.0 Å². The van der Waals surface area contributed by atoms with E-state index in [-0.39, 0.29) is 0 Å². The lowest BCUT2D eigenvalue weighted by atomic mass is 10.1.